The lowest BCUT2D eigenvalue weighted by Gasteiger charge is -2.67. The van der Waals surface area contributed by atoms with Crippen LogP contribution in [0.15, 0.2) is 0 Å². The van der Waals surface area contributed by atoms with Gasteiger partial charge in [0.05, 0.1) is 79.2 Å². The molecule has 0 radical (unpaired) electrons. The second kappa shape index (κ2) is 22.9. The molecular weight excluding hydrogens is 1000 g/mol. The SMILES string of the molecule is COC1CC(OC2CCC3(C)C(CCC4(O)C3CCC3(C)C(C(C)=O)C(O)C(O)C34O)C2)OC(C)C1OC1CC(O)C(OC2CC(O)C(OC3CC(OC)C(OC4OC(CO)C(O)C(O)C4O)C(C)O3)C(C)O2)C(C)O1. The summed E-state index contributed by atoms with van der Waals surface area (Å²) in [5, 5.41) is 111. The molecule has 4 aliphatic carbocycles. The lowest BCUT2D eigenvalue weighted by atomic mass is 9.41. The van der Waals surface area contributed by atoms with Crippen LogP contribution in [-0.4, -0.2) is 236 Å². The van der Waals surface area contributed by atoms with Crippen LogP contribution in [0.4, 0.5) is 0 Å². The van der Waals surface area contributed by atoms with Gasteiger partial charge in [-0.3, -0.25) is 4.79 Å². The van der Waals surface area contributed by atoms with Gasteiger partial charge in [0, 0.05) is 45.3 Å². The van der Waals surface area contributed by atoms with E-state index in [-0.39, 0.29) is 54.8 Å². The molecule has 9 aliphatic rings. The van der Waals surface area contributed by atoms with Crippen molar-refractivity contribution in [2.75, 3.05) is 20.8 Å². The van der Waals surface area contributed by atoms with E-state index in [1.165, 1.54) is 14.0 Å². The van der Waals surface area contributed by atoms with E-state index in [0.717, 1.165) is 0 Å². The van der Waals surface area contributed by atoms with Crippen molar-refractivity contribution in [3.63, 3.8) is 0 Å². The number of carbonyl (C=O) groups excluding carboxylic acids is 1. The Hall–Kier alpha value is -1.21. The van der Waals surface area contributed by atoms with Gasteiger partial charge in [-0.2, -0.15) is 0 Å². The van der Waals surface area contributed by atoms with Crippen molar-refractivity contribution in [2.45, 2.75) is 278 Å². The number of hydrogen-bond acceptors (Lipinski definition) is 23. The first-order chi connectivity index (χ1) is 35.8. The lowest BCUT2D eigenvalue weighted by Crippen LogP contribution is -2.76. The summed E-state index contributed by atoms with van der Waals surface area (Å²) in [5.41, 5.74) is -5.31. The fraction of sp³-hybridized carbons (Fsp3) is 0.981. The first kappa shape index (κ1) is 59.4. The second-order valence-corrected chi connectivity index (χ2v) is 24.3. The molecule has 31 unspecified atom stereocenters. The summed E-state index contributed by atoms with van der Waals surface area (Å²) in [7, 11) is 3.07. The highest BCUT2D eigenvalue weighted by molar-refractivity contribution is 5.81. The Balaban J connectivity index is 0.731. The molecule has 9 fully saturated rings. The average molecular weight is 1090 g/mol. The van der Waals surface area contributed by atoms with E-state index in [1.54, 1.807) is 34.8 Å². The number of aliphatic hydroxyl groups is 10. The van der Waals surface area contributed by atoms with Gasteiger partial charge in [-0.15, -0.1) is 0 Å². The van der Waals surface area contributed by atoms with Gasteiger partial charge < -0.3 is 108 Å². The number of methoxy groups -OCH3 is 2. The molecule has 0 bridgehead atoms. The van der Waals surface area contributed by atoms with Gasteiger partial charge in [0.15, 0.2) is 31.5 Å². The van der Waals surface area contributed by atoms with Crippen molar-refractivity contribution in [3.05, 3.63) is 0 Å². The Bertz CT molecular complexity index is 1950. The summed E-state index contributed by atoms with van der Waals surface area (Å²) in [6, 6.07) is 0. The van der Waals surface area contributed by atoms with Crippen molar-refractivity contribution in [1.82, 2.24) is 0 Å². The van der Waals surface area contributed by atoms with Crippen LogP contribution < -0.4 is 0 Å². The van der Waals surface area contributed by atoms with Crippen LogP contribution in [0.5, 0.6) is 0 Å². The fourth-order valence-electron chi connectivity index (χ4n) is 15.9. The molecule has 23 heteroatoms. The molecule has 0 aromatic carbocycles. The van der Waals surface area contributed by atoms with E-state index in [1.807, 2.05) is 6.92 Å². The average Bonchev–Trinajstić information content (AvgIpc) is 3.81. The minimum atomic E-state index is -2.05. The van der Waals surface area contributed by atoms with Crippen LogP contribution >= 0.6 is 0 Å². The van der Waals surface area contributed by atoms with E-state index in [4.69, 9.17) is 56.8 Å². The van der Waals surface area contributed by atoms with Gasteiger partial charge in [-0.25, -0.2) is 0 Å². The standard InChI is InChI=1S/C53H88O23/c1-22(55)39-41(59)48(62)53(64)51(39,7)14-12-34-50(6)13-11-28(16-27(50)10-15-52(34,53)63)71-37-19-31(65-8)46(25(4)69-37)75-36-18-30(57)44(23(2)68-36)73-35-17-29(56)45(24(3)67-35)74-38-20-32(66-9)47(26(5)70-38)76-49-43(61)42(60)40(58)33(21-54)72-49/h23-49,54,56-64H,10-21H2,1-9H3. The molecule has 76 heavy (non-hydrogen) atoms. The summed E-state index contributed by atoms with van der Waals surface area (Å²) < 4.78 is 74.0. The Labute approximate surface area is 444 Å². The normalized spacial score (nSPS) is 55.8. The third kappa shape index (κ3) is 10.3. The molecule has 23 nitrogen and oxygen atoms in total. The van der Waals surface area contributed by atoms with E-state index in [2.05, 4.69) is 6.92 Å². The van der Waals surface area contributed by atoms with E-state index in [9.17, 15) is 55.9 Å². The highest BCUT2D eigenvalue weighted by Gasteiger charge is 2.80. The maximum Gasteiger partial charge on any atom is 0.187 e. The van der Waals surface area contributed by atoms with Crippen LogP contribution in [0, 0.1) is 28.6 Å². The number of ether oxygens (including phenoxy) is 12. The van der Waals surface area contributed by atoms with Gasteiger partial charge in [0.2, 0.25) is 0 Å². The number of ketones is 1. The minimum Gasteiger partial charge on any atom is -0.394 e. The molecule has 5 aliphatic heterocycles. The van der Waals surface area contributed by atoms with Crippen LogP contribution in [0.1, 0.15) is 119 Å². The summed E-state index contributed by atoms with van der Waals surface area (Å²) >= 11 is 0. The summed E-state index contributed by atoms with van der Waals surface area (Å²) in [5.74, 6) is -1.50. The number of hydrogen-bond donors (Lipinski definition) is 10. The Kier molecular flexibility index (Phi) is 17.9. The molecule has 0 aromatic heterocycles. The van der Waals surface area contributed by atoms with Crippen molar-refractivity contribution in [3.8, 4) is 0 Å². The summed E-state index contributed by atoms with van der Waals surface area (Å²) in [6.07, 6.45) is -18.1. The van der Waals surface area contributed by atoms with Gasteiger partial charge in [-0.05, 0) is 96.8 Å². The van der Waals surface area contributed by atoms with Crippen LogP contribution in [-0.2, 0) is 61.6 Å². The molecule has 5 saturated heterocycles. The number of fused-ring (bicyclic) bond motifs is 5. The van der Waals surface area contributed by atoms with Gasteiger partial charge >= 0.3 is 0 Å². The molecule has 0 spiro atoms. The van der Waals surface area contributed by atoms with Crippen molar-refractivity contribution in [2.24, 2.45) is 28.6 Å². The molecule has 0 amide bonds. The predicted octanol–water partition coefficient (Wildman–Crippen LogP) is -0.577. The Morgan fingerprint density at radius 1 is 0.566 bits per heavy atom. The highest BCUT2D eigenvalue weighted by atomic mass is 16.8. The second-order valence-electron chi connectivity index (χ2n) is 24.3. The maximum atomic E-state index is 12.8. The number of rotatable bonds is 14. The molecular formula is C53H88O23. The largest absolute Gasteiger partial charge is 0.394 e. The fourth-order valence-corrected chi connectivity index (χ4v) is 15.9. The smallest absolute Gasteiger partial charge is 0.187 e. The predicted molar refractivity (Wildman–Crippen MR) is 259 cm³/mol. The minimum absolute atomic E-state index is 0.00821. The molecule has 31 atom stereocenters. The number of carbonyl (C=O) groups is 1. The molecule has 0 aromatic rings. The Morgan fingerprint density at radius 3 is 1.58 bits per heavy atom. The zero-order valence-electron chi connectivity index (χ0n) is 45.4. The van der Waals surface area contributed by atoms with Crippen LogP contribution in [0.3, 0.4) is 0 Å². The molecule has 10 N–H and O–H groups in total. The van der Waals surface area contributed by atoms with Gasteiger partial charge in [-0.1, -0.05) is 13.8 Å². The van der Waals surface area contributed by atoms with Gasteiger partial charge in [0.1, 0.15) is 66.3 Å². The summed E-state index contributed by atoms with van der Waals surface area (Å²) in [4.78, 5) is 12.8. The topological polar surface area (TPSA) is 330 Å². The first-order valence-electron chi connectivity index (χ1n) is 27.8. The third-order valence-corrected chi connectivity index (χ3v) is 20.0. The number of aliphatic hydroxyl groups excluding tert-OH is 8. The maximum absolute atomic E-state index is 12.8. The van der Waals surface area contributed by atoms with Crippen LogP contribution in [0.25, 0.3) is 0 Å². The molecule has 5 heterocycles. The molecule has 4 saturated carbocycles. The summed E-state index contributed by atoms with van der Waals surface area (Å²) in [6.45, 7) is 11.7. The Morgan fingerprint density at radius 2 is 1.07 bits per heavy atom. The zero-order chi connectivity index (χ0) is 55.1. The highest BCUT2D eigenvalue weighted by Crippen LogP contribution is 2.70. The van der Waals surface area contributed by atoms with Crippen LogP contribution in [0.2, 0.25) is 0 Å². The molecule has 438 valence electrons. The quantitative estimate of drug-likeness (QED) is 0.0974. The first-order valence-corrected chi connectivity index (χ1v) is 27.8. The third-order valence-electron chi connectivity index (χ3n) is 20.0. The van der Waals surface area contributed by atoms with Crippen molar-refractivity contribution >= 4 is 5.78 Å². The van der Waals surface area contributed by atoms with E-state index in [0.29, 0.717) is 44.9 Å². The monoisotopic (exact) mass is 1090 g/mol. The van der Waals surface area contributed by atoms with E-state index >= 15 is 0 Å². The lowest BCUT2D eigenvalue weighted by molar-refractivity contribution is -0.358. The number of Topliss-reactive ketones (excluding diaryl/α,β-unsaturated/α-hetero) is 1. The van der Waals surface area contributed by atoms with Crippen molar-refractivity contribution in [1.29, 1.82) is 0 Å². The van der Waals surface area contributed by atoms with Crippen molar-refractivity contribution < 1.29 is 113 Å². The van der Waals surface area contributed by atoms with E-state index < -0.39 is 170 Å². The molecule has 9 rings (SSSR count). The zero-order valence-corrected chi connectivity index (χ0v) is 45.4. The van der Waals surface area contributed by atoms with Gasteiger partial charge in [0.25, 0.3) is 0 Å².